The number of fused-ring (bicyclic) bond motifs is 3. The van der Waals surface area contributed by atoms with Gasteiger partial charge in [-0.3, -0.25) is 4.79 Å². The summed E-state index contributed by atoms with van der Waals surface area (Å²) in [5.41, 5.74) is 1.75. The van der Waals surface area contributed by atoms with Gasteiger partial charge >= 0.3 is 5.97 Å². The minimum absolute atomic E-state index is 0.0438. The van der Waals surface area contributed by atoms with Crippen LogP contribution in [0, 0.1) is 5.41 Å². The maximum absolute atomic E-state index is 13.1. The fourth-order valence-electron chi connectivity index (χ4n) is 4.81. The van der Waals surface area contributed by atoms with E-state index in [0.29, 0.717) is 19.4 Å². The van der Waals surface area contributed by atoms with Gasteiger partial charge in [-0.25, -0.2) is 0 Å². The highest BCUT2D eigenvalue weighted by molar-refractivity contribution is 5.83. The molecule has 0 spiro atoms. The van der Waals surface area contributed by atoms with Crippen LogP contribution < -0.4 is 5.32 Å². The largest absolute Gasteiger partial charge is 0.468 e. The summed E-state index contributed by atoms with van der Waals surface area (Å²) in [6.07, 6.45) is 1.24. The van der Waals surface area contributed by atoms with Gasteiger partial charge in [-0.1, -0.05) is 54.6 Å². The summed E-state index contributed by atoms with van der Waals surface area (Å²) >= 11 is 0. The van der Waals surface area contributed by atoms with Crippen molar-refractivity contribution in [2.45, 2.75) is 24.5 Å². The van der Waals surface area contributed by atoms with Gasteiger partial charge in [0.15, 0.2) is 0 Å². The van der Waals surface area contributed by atoms with E-state index in [-0.39, 0.29) is 12.1 Å². The number of ether oxygens (including phenoxy) is 2. The SMILES string of the molecule is CNC[C@H]1C[C@@]2(C(=O)OC)Cc3ccccc3[C@@]2(c2ccccc2)O1. The molecule has 25 heavy (non-hydrogen) atoms. The lowest BCUT2D eigenvalue weighted by molar-refractivity contribution is -0.161. The second kappa shape index (κ2) is 5.97. The van der Waals surface area contributed by atoms with E-state index < -0.39 is 11.0 Å². The molecule has 0 saturated carbocycles. The van der Waals surface area contributed by atoms with Crippen molar-refractivity contribution in [3.8, 4) is 0 Å². The minimum atomic E-state index is -0.792. The van der Waals surface area contributed by atoms with Gasteiger partial charge in [-0.2, -0.15) is 0 Å². The molecular formula is C21H23NO3. The Morgan fingerprint density at radius 2 is 1.92 bits per heavy atom. The number of nitrogens with one attached hydrogen (secondary N) is 1. The lowest BCUT2D eigenvalue weighted by Gasteiger charge is -2.38. The smallest absolute Gasteiger partial charge is 0.315 e. The third-order valence-electron chi connectivity index (χ3n) is 5.67. The Labute approximate surface area is 148 Å². The Hall–Kier alpha value is -2.17. The molecule has 0 unspecified atom stereocenters. The van der Waals surface area contributed by atoms with E-state index in [1.54, 1.807) is 0 Å². The molecule has 130 valence electrons. The first-order chi connectivity index (χ1) is 12.2. The molecule has 2 aromatic rings. The average Bonchev–Trinajstić information content (AvgIpc) is 3.11. The van der Waals surface area contributed by atoms with Gasteiger partial charge in [0.25, 0.3) is 0 Å². The topological polar surface area (TPSA) is 47.6 Å². The van der Waals surface area contributed by atoms with Crippen LogP contribution in [-0.2, 0) is 26.3 Å². The van der Waals surface area contributed by atoms with Crippen LogP contribution in [-0.4, -0.2) is 32.8 Å². The van der Waals surface area contributed by atoms with Crippen molar-refractivity contribution < 1.29 is 14.3 Å². The average molecular weight is 337 g/mol. The molecule has 2 aliphatic rings. The van der Waals surface area contributed by atoms with Crippen LogP contribution in [0.1, 0.15) is 23.1 Å². The van der Waals surface area contributed by atoms with Crippen LogP contribution >= 0.6 is 0 Å². The zero-order chi connectivity index (χ0) is 17.5. The molecule has 1 saturated heterocycles. The number of hydrogen-bond donors (Lipinski definition) is 1. The summed E-state index contributed by atoms with van der Waals surface area (Å²) in [5, 5.41) is 3.19. The number of carbonyl (C=O) groups is 1. The number of esters is 1. The van der Waals surface area contributed by atoms with Crippen LogP contribution in [0.3, 0.4) is 0 Å². The highest BCUT2D eigenvalue weighted by atomic mass is 16.5. The molecule has 1 aliphatic carbocycles. The molecule has 0 amide bonds. The van der Waals surface area contributed by atoms with Crippen molar-refractivity contribution in [3.63, 3.8) is 0 Å². The molecule has 0 bridgehead atoms. The third-order valence-corrected chi connectivity index (χ3v) is 5.67. The number of likely N-dealkylation sites (N-methyl/N-ethyl adjacent to an activating group) is 1. The van der Waals surface area contributed by atoms with Gasteiger partial charge in [-0.15, -0.1) is 0 Å². The van der Waals surface area contributed by atoms with Crippen molar-refractivity contribution in [1.29, 1.82) is 0 Å². The first kappa shape index (κ1) is 16.3. The fraction of sp³-hybridized carbons (Fsp3) is 0.381. The van der Waals surface area contributed by atoms with Crippen molar-refractivity contribution in [3.05, 3.63) is 71.3 Å². The Morgan fingerprint density at radius 3 is 2.64 bits per heavy atom. The first-order valence-electron chi connectivity index (χ1n) is 8.73. The molecule has 1 N–H and O–H groups in total. The summed E-state index contributed by atoms with van der Waals surface area (Å²) in [5.74, 6) is -0.189. The van der Waals surface area contributed by atoms with Gasteiger partial charge in [-0.05, 0) is 36.6 Å². The van der Waals surface area contributed by atoms with Crippen molar-refractivity contribution in [1.82, 2.24) is 5.32 Å². The summed E-state index contributed by atoms with van der Waals surface area (Å²) in [7, 11) is 3.38. The van der Waals surface area contributed by atoms with Crippen LogP contribution in [0.4, 0.5) is 0 Å². The predicted octanol–water partition coefficient (Wildman–Crippen LogP) is 2.65. The maximum Gasteiger partial charge on any atom is 0.315 e. The Balaban J connectivity index is 1.98. The van der Waals surface area contributed by atoms with Crippen molar-refractivity contribution in [2.24, 2.45) is 5.41 Å². The molecule has 1 aliphatic heterocycles. The number of rotatable bonds is 4. The van der Waals surface area contributed by atoms with Gasteiger partial charge in [0, 0.05) is 6.54 Å². The summed E-state index contributed by atoms with van der Waals surface area (Å²) in [6, 6.07) is 18.3. The van der Waals surface area contributed by atoms with Crippen LogP contribution in [0.5, 0.6) is 0 Å². The molecule has 0 radical (unpaired) electrons. The molecule has 1 fully saturated rings. The number of hydrogen-bond acceptors (Lipinski definition) is 4. The van der Waals surface area contributed by atoms with Crippen molar-refractivity contribution >= 4 is 5.97 Å². The zero-order valence-electron chi connectivity index (χ0n) is 14.6. The second-order valence-corrected chi connectivity index (χ2v) is 6.96. The van der Waals surface area contributed by atoms with E-state index >= 15 is 0 Å². The number of methoxy groups -OCH3 is 1. The van der Waals surface area contributed by atoms with Crippen molar-refractivity contribution in [2.75, 3.05) is 20.7 Å². The van der Waals surface area contributed by atoms with E-state index in [9.17, 15) is 4.79 Å². The minimum Gasteiger partial charge on any atom is -0.468 e. The van der Waals surface area contributed by atoms with Gasteiger partial charge in [0.05, 0.1) is 13.2 Å². The van der Waals surface area contributed by atoms with E-state index in [4.69, 9.17) is 9.47 Å². The predicted molar refractivity (Wildman–Crippen MR) is 95.2 cm³/mol. The molecule has 4 nitrogen and oxygen atoms in total. The van der Waals surface area contributed by atoms with E-state index in [0.717, 1.165) is 11.1 Å². The highest BCUT2D eigenvalue weighted by Gasteiger charge is 2.69. The third kappa shape index (κ3) is 2.11. The molecule has 0 aromatic heterocycles. The summed E-state index contributed by atoms with van der Waals surface area (Å²) in [4.78, 5) is 13.1. The molecule has 3 atom stereocenters. The lowest BCUT2D eigenvalue weighted by Crippen LogP contribution is -2.46. The molecular weight excluding hydrogens is 314 g/mol. The maximum atomic E-state index is 13.1. The van der Waals surface area contributed by atoms with E-state index in [1.165, 1.54) is 12.7 Å². The van der Waals surface area contributed by atoms with E-state index in [2.05, 4.69) is 29.6 Å². The normalized spacial score (nSPS) is 29.9. The Bertz CT molecular complexity index is 791. The van der Waals surface area contributed by atoms with Crippen LogP contribution in [0.2, 0.25) is 0 Å². The van der Waals surface area contributed by atoms with Crippen LogP contribution in [0.15, 0.2) is 54.6 Å². The van der Waals surface area contributed by atoms with Gasteiger partial charge in [0.2, 0.25) is 0 Å². The number of benzene rings is 2. The quantitative estimate of drug-likeness (QED) is 0.872. The molecule has 1 heterocycles. The number of carbonyl (C=O) groups excluding carboxylic acids is 1. The van der Waals surface area contributed by atoms with Gasteiger partial charge < -0.3 is 14.8 Å². The highest BCUT2D eigenvalue weighted by Crippen LogP contribution is 2.63. The van der Waals surface area contributed by atoms with Gasteiger partial charge in [0.1, 0.15) is 11.0 Å². The summed E-state index contributed by atoms with van der Waals surface area (Å²) in [6.45, 7) is 0.704. The zero-order valence-corrected chi connectivity index (χ0v) is 14.6. The van der Waals surface area contributed by atoms with Crippen LogP contribution in [0.25, 0.3) is 0 Å². The summed E-state index contributed by atoms with van der Waals surface area (Å²) < 4.78 is 12.0. The first-order valence-corrected chi connectivity index (χ1v) is 8.73. The lowest BCUT2D eigenvalue weighted by atomic mass is 9.68. The van der Waals surface area contributed by atoms with E-state index in [1.807, 2.05) is 37.4 Å². The Morgan fingerprint density at radius 1 is 1.20 bits per heavy atom. The standard InChI is InChI=1S/C21H23NO3/c1-22-14-17-13-20(19(23)24-2)12-15-8-6-7-11-18(15)21(20,25-17)16-9-4-3-5-10-16/h3-11,17,22H,12-14H2,1-2H3/t17-,20-,21-/m1/s1. The molecule has 4 heteroatoms. The second-order valence-electron chi connectivity index (χ2n) is 6.96. The Kier molecular flexibility index (Phi) is 3.89. The fourth-order valence-corrected chi connectivity index (χ4v) is 4.81. The molecule has 2 aromatic carbocycles. The monoisotopic (exact) mass is 337 g/mol. The molecule has 4 rings (SSSR count).